The van der Waals surface area contributed by atoms with E-state index in [1.807, 2.05) is 49.2 Å². The van der Waals surface area contributed by atoms with Gasteiger partial charge in [-0.15, -0.1) is 0 Å². The SMILES string of the molecule is COC(C)(C)[C@]12C[C@@](O)(c3ccccc3)ON1[C@H]1CCCC[C@H]1N2O. The summed E-state index contributed by atoms with van der Waals surface area (Å²) < 4.78 is 5.80. The van der Waals surface area contributed by atoms with E-state index in [-0.39, 0.29) is 18.5 Å². The lowest BCUT2D eigenvalue weighted by atomic mass is 9.83. The quantitative estimate of drug-likeness (QED) is 0.875. The summed E-state index contributed by atoms with van der Waals surface area (Å²) in [6.45, 7) is 3.89. The Morgan fingerprint density at radius 1 is 1.16 bits per heavy atom. The van der Waals surface area contributed by atoms with Crippen molar-refractivity contribution in [1.82, 2.24) is 10.1 Å². The number of benzene rings is 1. The summed E-state index contributed by atoms with van der Waals surface area (Å²) in [5.74, 6) is -1.49. The van der Waals surface area contributed by atoms with Gasteiger partial charge in [0.05, 0.1) is 17.7 Å². The second-order valence-electron chi connectivity index (χ2n) is 8.04. The molecule has 6 heteroatoms. The highest BCUT2D eigenvalue weighted by atomic mass is 16.8. The van der Waals surface area contributed by atoms with Gasteiger partial charge in [0.15, 0.2) is 5.66 Å². The number of nitrogens with zero attached hydrogens (tertiary/aromatic N) is 2. The minimum absolute atomic E-state index is 0.00324. The Balaban J connectivity index is 1.81. The molecule has 0 aromatic heterocycles. The van der Waals surface area contributed by atoms with E-state index in [1.165, 1.54) is 5.06 Å². The third kappa shape index (κ3) is 2.25. The molecule has 0 bridgehead atoms. The number of ether oxygens (including phenoxy) is 1. The lowest BCUT2D eigenvalue weighted by Gasteiger charge is -2.46. The van der Waals surface area contributed by atoms with Crippen LogP contribution < -0.4 is 0 Å². The third-order valence-corrected chi connectivity index (χ3v) is 6.49. The van der Waals surface area contributed by atoms with Crippen molar-refractivity contribution in [1.29, 1.82) is 0 Å². The molecule has 2 heterocycles. The zero-order chi connectivity index (χ0) is 17.9. The van der Waals surface area contributed by atoms with E-state index in [0.717, 1.165) is 25.7 Å². The number of hydrogen-bond donors (Lipinski definition) is 2. The summed E-state index contributed by atoms with van der Waals surface area (Å²) in [5, 5.41) is 25.8. The zero-order valence-electron chi connectivity index (χ0n) is 15.2. The number of aliphatic hydroxyl groups is 1. The standard InChI is InChI=1S/C19H28N2O4/c1-17(2,24-3)19-13-18(22,14-9-5-4-6-10-14)25-21(19)16-12-8-7-11-15(16)20(19)23/h4-6,9-10,15-16,22-23H,7-8,11-13H2,1-3H3/t15-,16+,18+,19+/m1/s1. The molecule has 2 saturated heterocycles. The lowest BCUT2D eigenvalue weighted by Crippen LogP contribution is -2.64. The number of hydrogen-bond acceptors (Lipinski definition) is 6. The first-order valence-corrected chi connectivity index (χ1v) is 9.15. The van der Waals surface area contributed by atoms with Gasteiger partial charge < -0.3 is 15.1 Å². The van der Waals surface area contributed by atoms with Gasteiger partial charge in [-0.1, -0.05) is 43.2 Å². The van der Waals surface area contributed by atoms with Crippen molar-refractivity contribution >= 4 is 0 Å². The topological polar surface area (TPSA) is 65.4 Å². The van der Waals surface area contributed by atoms with Crippen LogP contribution in [0.2, 0.25) is 0 Å². The Kier molecular flexibility index (Phi) is 3.99. The van der Waals surface area contributed by atoms with Gasteiger partial charge in [-0.2, -0.15) is 10.1 Å². The molecule has 1 aliphatic carbocycles. The zero-order valence-corrected chi connectivity index (χ0v) is 15.2. The van der Waals surface area contributed by atoms with Gasteiger partial charge in [0, 0.05) is 19.1 Å². The Labute approximate surface area is 148 Å². The molecule has 2 aliphatic heterocycles. The minimum atomic E-state index is -1.49. The first-order valence-electron chi connectivity index (χ1n) is 9.15. The molecule has 1 aromatic rings. The van der Waals surface area contributed by atoms with E-state index in [2.05, 4.69) is 0 Å². The molecule has 3 aliphatic rings. The second-order valence-corrected chi connectivity index (χ2v) is 8.04. The molecule has 6 nitrogen and oxygen atoms in total. The van der Waals surface area contributed by atoms with Gasteiger partial charge in [0.1, 0.15) is 0 Å². The first kappa shape index (κ1) is 17.4. The molecule has 1 aromatic carbocycles. The van der Waals surface area contributed by atoms with Crippen LogP contribution in [0.25, 0.3) is 0 Å². The summed E-state index contributed by atoms with van der Waals surface area (Å²) in [6.07, 6.45) is 4.27. The van der Waals surface area contributed by atoms with E-state index in [1.54, 1.807) is 7.11 Å². The number of hydroxylamine groups is 4. The summed E-state index contributed by atoms with van der Waals surface area (Å²) in [6, 6.07) is 9.44. The number of rotatable bonds is 3. The van der Waals surface area contributed by atoms with Gasteiger partial charge in [0.25, 0.3) is 0 Å². The molecule has 0 unspecified atom stereocenters. The fourth-order valence-electron chi connectivity index (χ4n) is 4.90. The minimum Gasteiger partial charge on any atom is -0.375 e. The summed E-state index contributed by atoms with van der Waals surface area (Å²) in [5.41, 5.74) is -0.985. The lowest BCUT2D eigenvalue weighted by molar-refractivity contribution is -0.334. The van der Waals surface area contributed by atoms with Gasteiger partial charge in [0.2, 0.25) is 5.79 Å². The Bertz CT molecular complexity index is 640. The molecule has 3 fully saturated rings. The fraction of sp³-hybridized carbons (Fsp3) is 0.684. The first-order chi connectivity index (χ1) is 11.9. The van der Waals surface area contributed by atoms with E-state index in [9.17, 15) is 10.3 Å². The highest BCUT2D eigenvalue weighted by molar-refractivity contribution is 5.25. The van der Waals surface area contributed by atoms with E-state index in [4.69, 9.17) is 9.57 Å². The summed E-state index contributed by atoms with van der Waals surface area (Å²) in [7, 11) is 1.64. The van der Waals surface area contributed by atoms with Crippen molar-refractivity contribution in [3.05, 3.63) is 35.9 Å². The largest absolute Gasteiger partial charge is 0.375 e. The van der Waals surface area contributed by atoms with Crippen molar-refractivity contribution < 1.29 is 19.9 Å². The predicted molar refractivity (Wildman–Crippen MR) is 91.4 cm³/mol. The molecule has 138 valence electrons. The van der Waals surface area contributed by atoms with Crippen molar-refractivity contribution in [3.8, 4) is 0 Å². The molecular weight excluding hydrogens is 320 g/mol. The van der Waals surface area contributed by atoms with Gasteiger partial charge in [-0.05, 0) is 26.7 Å². The van der Waals surface area contributed by atoms with Crippen LogP contribution in [-0.2, 0) is 15.4 Å². The maximum Gasteiger partial charge on any atom is 0.214 e. The highest BCUT2D eigenvalue weighted by Gasteiger charge is 2.73. The average Bonchev–Trinajstić information content (AvgIpc) is 3.08. The Morgan fingerprint density at radius 3 is 2.44 bits per heavy atom. The normalized spacial score (nSPS) is 39.4. The van der Waals surface area contributed by atoms with E-state index in [0.29, 0.717) is 5.56 Å². The molecule has 4 atom stereocenters. The molecule has 0 amide bonds. The van der Waals surface area contributed by atoms with Crippen LogP contribution in [0.5, 0.6) is 0 Å². The fourth-order valence-corrected chi connectivity index (χ4v) is 4.90. The molecule has 0 radical (unpaired) electrons. The summed E-state index contributed by atoms with van der Waals surface area (Å²) in [4.78, 5) is 6.20. The van der Waals surface area contributed by atoms with Gasteiger partial charge >= 0.3 is 0 Å². The molecule has 4 rings (SSSR count). The van der Waals surface area contributed by atoms with Crippen LogP contribution in [0, 0.1) is 0 Å². The third-order valence-electron chi connectivity index (χ3n) is 6.49. The van der Waals surface area contributed by atoms with Crippen molar-refractivity contribution in [2.75, 3.05) is 7.11 Å². The van der Waals surface area contributed by atoms with E-state index < -0.39 is 17.1 Å². The second kappa shape index (κ2) is 5.74. The molecule has 0 spiro atoms. The van der Waals surface area contributed by atoms with Crippen LogP contribution >= 0.6 is 0 Å². The molecule has 25 heavy (non-hydrogen) atoms. The molecular formula is C19H28N2O4. The van der Waals surface area contributed by atoms with Crippen LogP contribution in [0.3, 0.4) is 0 Å². The predicted octanol–water partition coefficient (Wildman–Crippen LogP) is 2.61. The number of methoxy groups -OCH3 is 1. The Morgan fingerprint density at radius 2 is 1.80 bits per heavy atom. The maximum atomic E-state index is 11.3. The average molecular weight is 348 g/mol. The van der Waals surface area contributed by atoms with Gasteiger partial charge in [-0.3, -0.25) is 4.84 Å². The number of fused-ring (bicyclic) bond motifs is 3. The van der Waals surface area contributed by atoms with Crippen LogP contribution in [-0.4, -0.2) is 50.9 Å². The van der Waals surface area contributed by atoms with Crippen LogP contribution in [0.15, 0.2) is 30.3 Å². The maximum absolute atomic E-state index is 11.3. The van der Waals surface area contributed by atoms with Crippen molar-refractivity contribution in [3.63, 3.8) is 0 Å². The highest BCUT2D eigenvalue weighted by Crippen LogP contribution is 2.57. The Hall–Kier alpha value is -1.02. The molecule has 2 N–H and O–H groups in total. The monoisotopic (exact) mass is 348 g/mol. The van der Waals surface area contributed by atoms with Gasteiger partial charge in [-0.25, -0.2) is 0 Å². The smallest absolute Gasteiger partial charge is 0.214 e. The molecule has 1 saturated carbocycles. The van der Waals surface area contributed by atoms with Crippen LogP contribution in [0.4, 0.5) is 0 Å². The van der Waals surface area contributed by atoms with Crippen LogP contribution in [0.1, 0.15) is 51.5 Å². The van der Waals surface area contributed by atoms with Crippen molar-refractivity contribution in [2.24, 2.45) is 0 Å². The van der Waals surface area contributed by atoms with E-state index >= 15 is 0 Å². The summed E-state index contributed by atoms with van der Waals surface area (Å²) >= 11 is 0. The van der Waals surface area contributed by atoms with Crippen molar-refractivity contribution in [2.45, 2.75) is 75.1 Å².